The standard InChI is InChI=1S/C13H14N2O/c1-2-6-13(16)12-9-10-14-15(12)11-7-4-3-5-8-11/h3-5,7-10H,2,6H2,1H3. The van der Waals surface area contributed by atoms with E-state index in [1.807, 2.05) is 37.3 Å². The molecule has 82 valence electrons. The Kier molecular flexibility index (Phi) is 3.15. The molecule has 1 aromatic carbocycles. The summed E-state index contributed by atoms with van der Waals surface area (Å²) >= 11 is 0. The quantitative estimate of drug-likeness (QED) is 0.733. The highest BCUT2D eigenvalue weighted by molar-refractivity contribution is 5.94. The highest BCUT2D eigenvalue weighted by Crippen LogP contribution is 2.12. The zero-order valence-corrected chi connectivity index (χ0v) is 9.26. The minimum absolute atomic E-state index is 0.142. The predicted molar refractivity (Wildman–Crippen MR) is 62.8 cm³/mol. The summed E-state index contributed by atoms with van der Waals surface area (Å²) in [5.41, 5.74) is 1.58. The minimum atomic E-state index is 0.142. The lowest BCUT2D eigenvalue weighted by molar-refractivity contribution is 0.0974. The van der Waals surface area contributed by atoms with Crippen LogP contribution in [0.25, 0.3) is 5.69 Å². The van der Waals surface area contributed by atoms with Crippen LogP contribution in [0.2, 0.25) is 0 Å². The van der Waals surface area contributed by atoms with Gasteiger partial charge in [-0.1, -0.05) is 25.1 Å². The van der Waals surface area contributed by atoms with Crippen molar-refractivity contribution >= 4 is 5.78 Å². The topological polar surface area (TPSA) is 34.9 Å². The van der Waals surface area contributed by atoms with Crippen LogP contribution in [-0.2, 0) is 0 Å². The average Bonchev–Trinajstić information content (AvgIpc) is 2.79. The fraction of sp³-hybridized carbons (Fsp3) is 0.231. The smallest absolute Gasteiger partial charge is 0.181 e. The monoisotopic (exact) mass is 214 g/mol. The molecule has 3 heteroatoms. The van der Waals surface area contributed by atoms with Crippen LogP contribution in [0.5, 0.6) is 0 Å². The predicted octanol–water partition coefficient (Wildman–Crippen LogP) is 2.86. The van der Waals surface area contributed by atoms with Crippen LogP contribution in [0.15, 0.2) is 42.6 Å². The lowest BCUT2D eigenvalue weighted by Crippen LogP contribution is -2.08. The third kappa shape index (κ3) is 2.03. The number of hydrogen-bond donors (Lipinski definition) is 0. The van der Waals surface area contributed by atoms with Gasteiger partial charge in [-0.15, -0.1) is 0 Å². The molecule has 1 heterocycles. The first-order chi connectivity index (χ1) is 7.83. The Balaban J connectivity index is 2.37. The highest BCUT2D eigenvalue weighted by atomic mass is 16.1. The number of hydrogen-bond acceptors (Lipinski definition) is 2. The first-order valence-electron chi connectivity index (χ1n) is 5.45. The molecular weight excluding hydrogens is 200 g/mol. The third-order valence-electron chi connectivity index (χ3n) is 2.41. The van der Waals surface area contributed by atoms with Gasteiger partial charge in [-0.2, -0.15) is 5.10 Å². The molecule has 2 rings (SSSR count). The highest BCUT2D eigenvalue weighted by Gasteiger charge is 2.11. The molecular formula is C13H14N2O. The largest absolute Gasteiger partial charge is 0.292 e. The number of benzene rings is 1. The number of ketones is 1. The van der Waals surface area contributed by atoms with Crippen LogP contribution < -0.4 is 0 Å². The van der Waals surface area contributed by atoms with Gasteiger partial charge < -0.3 is 0 Å². The summed E-state index contributed by atoms with van der Waals surface area (Å²) in [4.78, 5) is 11.8. The molecule has 0 saturated heterocycles. The van der Waals surface area contributed by atoms with Gasteiger partial charge in [-0.25, -0.2) is 4.68 Å². The van der Waals surface area contributed by atoms with Crippen LogP contribution in [-0.4, -0.2) is 15.6 Å². The van der Waals surface area contributed by atoms with Crippen molar-refractivity contribution in [3.63, 3.8) is 0 Å². The van der Waals surface area contributed by atoms with E-state index in [0.717, 1.165) is 12.1 Å². The Hall–Kier alpha value is -1.90. The summed E-state index contributed by atoms with van der Waals surface area (Å²) in [6.45, 7) is 2.00. The Morgan fingerprint density at radius 3 is 2.69 bits per heavy atom. The molecule has 16 heavy (non-hydrogen) atoms. The zero-order chi connectivity index (χ0) is 11.4. The molecule has 0 fully saturated rings. The number of carbonyl (C=O) groups is 1. The molecule has 0 aliphatic carbocycles. The van der Waals surface area contributed by atoms with Gasteiger partial charge in [0, 0.05) is 6.42 Å². The molecule has 0 N–H and O–H groups in total. The van der Waals surface area contributed by atoms with E-state index < -0.39 is 0 Å². The third-order valence-corrected chi connectivity index (χ3v) is 2.41. The summed E-state index contributed by atoms with van der Waals surface area (Å²) in [5, 5.41) is 4.19. The minimum Gasteiger partial charge on any atom is -0.292 e. The second-order valence-corrected chi connectivity index (χ2v) is 3.64. The van der Waals surface area contributed by atoms with E-state index >= 15 is 0 Å². The number of aromatic nitrogens is 2. The summed E-state index contributed by atoms with van der Waals surface area (Å²) in [7, 11) is 0. The summed E-state index contributed by atoms with van der Waals surface area (Å²) in [6.07, 6.45) is 3.09. The van der Waals surface area contributed by atoms with Gasteiger partial charge in [0.1, 0.15) is 5.69 Å². The van der Waals surface area contributed by atoms with Crippen molar-refractivity contribution in [3.05, 3.63) is 48.3 Å². The van der Waals surface area contributed by atoms with E-state index in [0.29, 0.717) is 12.1 Å². The van der Waals surface area contributed by atoms with Crippen molar-refractivity contribution in [1.82, 2.24) is 9.78 Å². The van der Waals surface area contributed by atoms with E-state index in [9.17, 15) is 4.79 Å². The maximum absolute atomic E-state index is 11.8. The maximum atomic E-state index is 11.8. The molecule has 1 aromatic heterocycles. The molecule has 0 bridgehead atoms. The van der Waals surface area contributed by atoms with Crippen LogP contribution >= 0.6 is 0 Å². The zero-order valence-electron chi connectivity index (χ0n) is 9.26. The molecule has 0 radical (unpaired) electrons. The Bertz CT molecular complexity index is 474. The van der Waals surface area contributed by atoms with E-state index in [4.69, 9.17) is 0 Å². The van der Waals surface area contributed by atoms with Crippen molar-refractivity contribution in [3.8, 4) is 5.69 Å². The van der Waals surface area contributed by atoms with Crippen LogP contribution in [0.4, 0.5) is 0 Å². The second-order valence-electron chi connectivity index (χ2n) is 3.64. The summed E-state index contributed by atoms with van der Waals surface area (Å²) < 4.78 is 1.69. The Labute approximate surface area is 94.7 Å². The van der Waals surface area contributed by atoms with Crippen molar-refractivity contribution < 1.29 is 4.79 Å². The molecule has 0 amide bonds. The number of nitrogens with zero attached hydrogens (tertiary/aromatic N) is 2. The van der Waals surface area contributed by atoms with E-state index in [2.05, 4.69) is 5.10 Å². The van der Waals surface area contributed by atoms with Gasteiger partial charge >= 0.3 is 0 Å². The molecule has 0 saturated carbocycles. The van der Waals surface area contributed by atoms with Crippen LogP contribution in [0.1, 0.15) is 30.3 Å². The van der Waals surface area contributed by atoms with Crippen molar-refractivity contribution in [2.75, 3.05) is 0 Å². The van der Waals surface area contributed by atoms with Crippen molar-refractivity contribution in [2.24, 2.45) is 0 Å². The fourth-order valence-electron chi connectivity index (χ4n) is 1.64. The fourth-order valence-corrected chi connectivity index (χ4v) is 1.64. The first kappa shape index (κ1) is 10.6. The average molecular weight is 214 g/mol. The number of para-hydroxylation sites is 1. The first-order valence-corrected chi connectivity index (χ1v) is 5.45. The van der Waals surface area contributed by atoms with Gasteiger partial charge in [-0.3, -0.25) is 4.79 Å². The molecule has 0 aliphatic heterocycles. The molecule has 0 spiro atoms. The Morgan fingerprint density at radius 1 is 1.25 bits per heavy atom. The second kappa shape index (κ2) is 4.75. The van der Waals surface area contributed by atoms with E-state index in [1.165, 1.54) is 0 Å². The Morgan fingerprint density at radius 2 is 2.00 bits per heavy atom. The molecule has 0 atom stereocenters. The lowest BCUT2D eigenvalue weighted by atomic mass is 10.2. The van der Waals surface area contributed by atoms with Crippen molar-refractivity contribution in [2.45, 2.75) is 19.8 Å². The number of carbonyl (C=O) groups excluding carboxylic acids is 1. The van der Waals surface area contributed by atoms with Gasteiger partial charge in [0.15, 0.2) is 5.78 Å². The summed E-state index contributed by atoms with van der Waals surface area (Å²) in [5.74, 6) is 0.142. The van der Waals surface area contributed by atoms with Crippen molar-refractivity contribution in [1.29, 1.82) is 0 Å². The summed E-state index contributed by atoms with van der Waals surface area (Å²) in [6, 6.07) is 11.5. The van der Waals surface area contributed by atoms with E-state index in [1.54, 1.807) is 16.9 Å². The van der Waals surface area contributed by atoms with Gasteiger partial charge in [0.25, 0.3) is 0 Å². The molecule has 3 nitrogen and oxygen atoms in total. The van der Waals surface area contributed by atoms with Crippen LogP contribution in [0, 0.1) is 0 Å². The molecule has 0 aliphatic rings. The number of rotatable bonds is 4. The van der Waals surface area contributed by atoms with Gasteiger partial charge in [0.2, 0.25) is 0 Å². The SMILES string of the molecule is CCCC(=O)c1ccnn1-c1ccccc1. The number of Topliss-reactive ketones (excluding diaryl/α,β-unsaturated/α-hetero) is 1. The van der Waals surface area contributed by atoms with Gasteiger partial charge in [0.05, 0.1) is 11.9 Å². The van der Waals surface area contributed by atoms with Crippen LogP contribution in [0.3, 0.4) is 0 Å². The van der Waals surface area contributed by atoms with Gasteiger partial charge in [-0.05, 0) is 24.6 Å². The maximum Gasteiger partial charge on any atom is 0.181 e. The lowest BCUT2D eigenvalue weighted by Gasteiger charge is -2.05. The molecule has 0 unspecified atom stereocenters. The van der Waals surface area contributed by atoms with E-state index in [-0.39, 0.29) is 5.78 Å². The molecule has 2 aromatic rings. The normalized spacial score (nSPS) is 10.3.